The van der Waals surface area contributed by atoms with Crippen molar-refractivity contribution in [3.05, 3.63) is 24.0 Å². The van der Waals surface area contributed by atoms with E-state index in [2.05, 4.69) is 15.6 Å². The predicted octanol–water partition coefficient (Wildman–Crippen LogP) is 3.47. The van der Waals surface area contributed by atoms with Crippen molar-refractivity contribution in [2.75, 3.05) is 5.32 Å². The van der Waals surface area contributed by atoms with E-state index in [-0.39, 0.29) is 12.5 Å². The summed E-state index contributed by atoms with van der Waals surface area (Å²) in [6, 6.07) is 3.49. The Balaban J connectivity index is 1.53. The molecule has 0 aromatic carbocycles. The number of fused-ring (bicyclic) bond motifs is 3. The lowest BCUT2D eigenvalue weighted by molar-refractivity contribution is -0.162. The minimum absolute atomic E-state index is 0.0578. The number of aliphatic carboxylic acids is 1. The van der Waals surface area contributed by atoms with E-state index in [0.717, 1.165) is 0 Å². The van der Waals surface area contributed by atoms with Gasteiger partial charge < -0.3 is 20.5 Å². The van der Waals surface area contributed by atoms with Gasteiger partial charge in [0.15, 0.2) is 0 Å². The van der Waals surface area contributed by atoms with E-state index in [1.165, 1.54) is 0 Å². The minimum Gasteiger partial charge on any atom is -0.481 e. The molecule has 1 heterocycles. The van der Waals surface area contributed by atoms with Crippen molar-refractivity contribution < 1.29 is 24.2 Å². The van der Waals surface area contributed by atoms with Gasteiger partial charge in [0.2, 0.25) is 5.91 Å². The molecule has 3 aliphatic rings. The van der Waals surface area contributed by atoms with Gasteiger partial charge in [-0.15, -0.1) is 0 Å². The summed E-state index contributed by atoms with van der Waals surface area (Å²) >= 11 is 0. The molecule has 0 aliphatic heterocycles. The molecular weight excluding hydrogens is 374 g/mol. The largest absolute Gasteiger partial charge is 0.481 e. The van der Waals surface area contributed by atoms with Gasteiger partial charge in [0.1, 0.15) is 5.60 Å². The number of carbonyl (C=O) groups is 3. The second-order valence-corrected chi connectivity index (χ2v) is 9.21. The molecule has 0 spiro atoms. The molecule has 29 heavy (non-hydrogen) atoms. The third-order valence-corrected chi connectivity index (χ3v) is 6.08. The van der Waals surface area contributed by atoms with E-state index in [4.69, 9.17) is 4.74 Å². The zero-order valence-electron chi connectivity index (χ0n) is 17.2. The summed E-state index contributed by atoms with van der Waals surface area (Å²) in [6.07, 6.45) is 4.55. The Morgan fingerprint density at radius 2 is 1.66 bits per heavy atom. The van der Waals surface area contributed by atoms with Crippen LogP contribution in [0.1, 0.15) is 65.0 Å². The lowest BCUT2D eigenvalue weighted by Gasteiger charge is -2.50. The third-order valence-electron chi connectivity index (χ3n) is 6.08. The maximum absolute atomic E-state index is 12.9. The Hall–Kier alpha value is -2.64. The number of nitrogens with zero attached hydrogens (tertiary/aromatic N) is 1. The summed E-state index contributed by atoms with van der Waals surface area (Å²) in [5, 5.41) is 15.1. The highest BCUT2D eigenvalue weighted by Gasteiger charge is 2.55. The van der Waals surface area contributed by atoms with Crippen molar-refractivity contribution in [2.24, 2.45) is 10.8 Å². The molecule has 2 bridgehead atoms. The number of rotatable bonds is 5. The maximum Gasteiger partial charge on any atom is 0.407 e. The summed E-state index contributed by atoms with van der Waals surface area (Å²) in [4.78, 5) is 40.4. The zero-order valence-corrected chi connectivity index (χ0v) is 17.2. The summed E-state index contributed by atoms with van der Waals surface area (Å²) in [5.41, 5.74) is -0.437. The fourth-order valence-electron chi connectivity index (χ4n) is 4.19. The highest BCUT2D eigenvalue weighted by Crippen LogP contribution is 2.57. The fourth-order valence-corrected chi connectivity index (χ4v) is 4.19. The number of ether oxygens (including phenoxy) is 1. The van der Waals surface area contributed by atoms with Gasteiger partial charge in [0, 0.05) is 5.41 Å². The van der Waals surface area contributed by atoms with Crippen LogP contribution in [0.2, 0.25) is 0 Å². The van der Waals surface area contributed by atoms with E-state index in [9.17, 15) is 19.5 Å². The number of hydrogen-bond donors (Lipinski definition) is 3. The Kier molecular flexibility index (Phi) is 5.56. The van der Waals surface area contributed by atoms with Crippen LogP contribution in [0.15, 0.2) is 18.3 Å². The van der Waals surface area contributed by atoms with Gasteiger partial charge in [0.25, 0.3) is 0 Å². The number of carbonyl (C=O) groups excluding carboxylic acids is 2. The molecule has 8 heteroatoms. The summed E-state index contributed by atoms with van der Waals surface area (Å²) in [6.45, 7) is 5.61. The summed E-state index contributed by atoms with van der Waals surface area (Å²) in [5.74, 6) is -0.788. The summed E-state index contributed by atoms with van der Waals surface area (Å²) in [7, 11) is 0. The Bertz CT molecular complexity index is 773. The van der Waals surface area contributed by atoms with Gasteiger partial charge in [-0.05, 0) is 71.4 Å². The van der Waals surface area contributed by atoms with Gasteiger partial charge in [-0.3, -0.25) is 14.6 Å². The first-order valence-electron chi connectivity index (χ1n) is 10.0. The van der Waals surface area contributed by atoms with Crippen molar-refractivity contribution in [3.63, 3.8) is 0 Å². The normalized spacial score (nSPS) is 25.9. The minimum atomic E-state index is -0.731. The number of carboxylic acids is 1. The van der Waals surface area contributed by atoms with Gasteiger partial charge in [-0.25, -0.2) is 4.79 Å². The zero-order chi connectivity index (χ0) is 21.3. The van der Waals surface area contributed by atoms with Crippen LogP contribution in [0, 0.1) is 10.8 Å². The maximum atomic E-state index is 12.9. The van der Waals surface area contributed by atoms with Crippen molar-refractivity contribution >= 4 is 23.7 Å². The van der Waals surface area contributed by atoms with E-state index in [1.807, 2.05) is 0 Å². The van der Waals surface area contributed by atoms with Crippen molar-refractivity contribution in [1.82, 2.24) is 10.3 Å². The van der Waals surface area contributed by atoms with Gasteiger partial charge in [-0.1, -0.05) is 0 Å². The highest BCUT2D eigenvalue weighted by atomic mass is 16.6. The number of carboxylic acid groups (broad SMARTS) is 1. The molecule has 8 nitrogen and oxygen atoms in total. The van der Waals surface area contributed by atoms with Crippen LogP contribution in [0.25, 0.3) is 0 Å². The number of alkyl carbamates (subject to hydrolysis) is 1. The highest BCUT2D eigenvalue weighted by molar-refractivity contribution is 5.96. The molecule has 0 radical (unpaired) electrons. The molecule has 0 saturated heterocycles. The van der Waals surface area contributed by atoms with Crippen LogP contribution in [-0.4, -0.2) is 33.7 Å². The second-order valence-electron chi connectivity index (χ2n) is 9.21. The van der Waals surface area contributed by atoms with Crippen molar-refractivity contribution in [1.29, 1.82) is 0 Å². The predicted molar refractivity (Wildman–Crippen MR) is 106 cm³/mol. The molecule has 3 saturated carbocycles. The van der Waals surface area contributed by atoms with Crippen LogP contribution < -0.4 is 10.6 Å². The van der Waals surface area contributed by atoms with Crippen molar-refractivity contribution in [2.45, 2.75) is 71.4 Å². The average Bonchev–Trinajstić information content (AvgIpc) is 2.67. The molecular formula is C21H29N3O5. The molecule has 158 valence electrons. The fraction of sp³-hybridized carbons (Fsp3) is 0.619. The smallest absolute Gasteiger partial charge is 0.407 e. The molecule has 3 aliphatic carbocycles. The van der Waals surface area contributed by atoms with E-state index >= 15 is 0 Å². The molecule has 1 aromatic heterocycles. The Labute approximate surface area is 170 Å². The van der Waals surface area contributed by atoms with Crippen LogP contribution in [0.4, 0.5) is 10.5 Å². The SMILES string of the molecule is CC(C)(C)OC(=O)NCc1ccc(NC(=O)C23CCC(C(=O)O)(CC2)CC3)cn1. The molecule has 0 atom stereocenters. The monoisotopic (exact) mass is 403 g/mol. The van der Waals surface area contributed by atoms with Gasteiger partial charge in [0.05, 0.1) is 29.5 Å². The van der Waals surface area contributed by atoms with Crippen molar-refractivity contribution in [3.8, 4) is 0 Å². The van der Waals surface area contributed by atoms with Crippen LogP contribution in [0.3, 0.4) is 0 Å². The average molecular weight is 403 g/mol. The van der Waals surface area contributed by atoms with E-state index in [0.29, 0.717) is 49.9 Å². The number of aromatic nitrogens is 1. The number of anilines is 1. The molecule has 0 unspecified atom stereocenters. The summed E-state index contributed by atoms with van der Waals surface area (Å²) < 4.78 is 5.18. The van der Waals surface area contributed by atoms with Gasteiger partial charge in [-0.2, -0.15) is 0 Å². The lowest BCUT2D eigenvalue weighted by atomic mass is 9.53. The molecule has 3 fully saturated rings. The molecule has 2 amide bonds. The number of nitrogens with one attached hydrogen (secondary N) is 2. The quantitative estimate of drug-likeness (QED) is 0.693. The second kappa shape index (κ2) is 7.65. The van der Waals surface area contributed by atoms with Gasteiger partial charge >= 0.3 is 12.1 Å². The Morgan fingerprint density at radius 3 is 2.14 bits per heavy atom. The van der Waals surface area contributed by atoms with Crippen LogP contribution in [0.5, 0.6) is 0 Å². The lowest BCUT2D eigenvalue weighted by Crippen LogP contribution is -2.50. The molecule has 4 rings (SSSR count). The van der Waals surface area contributed by atoms with Crippen LogP contribution in [-0.2, 0) is 20.9 Å². The van der Waals surface area contributed by atoms with E-state index < -0.39 is 28.5 Å². The Morgan fingerprint density at radius 1 is 1.07 bits per heavy atom. The first kappa shape index (κ1) is 21.1. The first-order chi connectivity index (χ1) is 13.5. The van der Waals surface area contributed by atoms with E-state index in [1.54, 1.807) is 39.1 Å². The number of hydrogen-bond acceptors (Lipinski definition) is 5. The van der Waals surface area contributed by atoms with Crippen LogP contribution >= 0.6 is 0 Å². The number of amides is 2. The molecule has 3 N–H and O–H groups in total. The standard InChI is InChI=1S/C21H29N3O5/c1-19(2,3)29-18(28)23-12-14-4-5-15(13-22-14)24-16(25)20-6-9-21(10-7-20,11-8-20)17(26)27/h4-5,13H,6-12H2,1-3H3,(H,23,28)(H,24,25)(H,26,27). The molecule has 1 aromatic rings. The topological polar surface area (TPSA) is 118 Å². The third kappa shape index (κ3) is 4.68. The number of pyridine rings is 1. The first-order valence-corrected chi connectivity index (χ1v) is 10.0.